The van der Waals surface area contributed by atoms with Gasteiger partial charge in [-0.05, 0) is 6.42 Å². The number of carbonyl (C=O) groups excluding carboxylic acids is 1. The van der Waals surface area contributed by atoms with Crippen LogP contribution in [0.3, 0.4) is 0 Å². The second-order valence-corrected chi connectivity index (χ2v) is 5.18. The topological polar surface area (TPSA) is 52.3 Å². The van der Waals surface area contributed by atoms with Crippen LogP contribution in [0.15, 0.2) is 0 Å². The van der Waals surface area contributed by atoms with Crippen LogP contribution >= 0.6 is 0 Å². The average molecular weight is 241 g/mol. The predicted octanol–water partition coefficient (Wildman–Crippen LogP) is 3.16. The Morgan fingerprint density at radius 2 is 1.65 bits per heavy atom. The van der Waals surface area contributed by atoms with Gasteiger partial charge in [-0.25, -0.2) is 0 Å². The van der Waals surface area contributed by atoms with E-state index in [2.05, 4.69) is 6.92 Å². The number of hydrogen-bond donors (Lipinski definition) is 1. The van der Waals surface area contributed by atoms with E-state index in [1.165, 1.54) is 44.9 Å². The first-order valence-corrected chi connectivity index (χ1v) is 7.15. The first-order valence-electron chi connectivity index (χ1n) is 7.15. The molecule has 0 aromatic rings. The van der Waals surface area contributed by atoms with E-state index in [-0.39, 0.29) is 5.91 Å². The Labute approximate surface area is 105 Å². The second-order valence-electron chi connectivity index (χ2n) is 5.18. The van der Waals surface area contributed by atoms with Crippen LogP contribution in [0.2, 0.25) is 0 Å². The third-order valence-electron chi connectivity index (χ3n) is 3.77. The molecule has 0 aromatic heterocycles. The molecule has 1 saturated heterocycles. The summed E-state index contributed by atoms with van der Waals surface area (Å²) >= 11 is 0. The molecule has 0 aromatic carbocycles. The summed E-state index contributed by atoms with van der Waals surface area (Å²) in [5.74, 6) is -0.272. The molecule has 2 N–H and O–H groups in total. The summed E-state index contributed by atoms with van der Waals surface area (Å²) in [4.78, 5) is 11.2. The van der Waals surface area contributed by atoms with Gasteiger partial charge in [0.1, 0.15) is 5.60 Å². The zero-order chi connectivity index (χ0) is 12.6. The molecule has 0 radical (unpaired) electrons. The average Bonchev–Trinajstić information content (AvgIpc) is 2.24. The summed E-state index contributed by atoms with van der Waals surface area (Å²) in [5, 5.41) is 0. The van der Waals surface area contributed by atoms with Crippen molar-refractivity contribution in [2.45, 2.75) is 76.7 Å². The van der Waals surface area contributed by atoms with Gasteiger partial charge >= 0.3 is 0 Å². The largest absolute Gasteiger partial charge is 0.367 e. The van der Waals surface area contributed by atoms with E-state index >= 15 is 0 Å². The fourth-order valence-corrected chi connectivity index (χ4v) is 2.41. The molecule has 1 amide bonds. The van der Waals surface area contributed by atoms with Gasteiger partial charge in [0, 0.05) is 6.42 Å². The lowest BCUT2D eigenvalue weighted by Gasteiger charge is -2.39. The van der Waals surface area contributed by atoms with E-state index in [0.717, 1.165) is 19.3 Å². The van der Waals surface area contributed by atoms with Crippen molar-refractivity contribution in [2.24, 2.45) is 5.73 Å². The predicted molar refractivity (Wildman–Crippen MR) is 69.7 cm³/mol. The maximum absolute atomic E-state index is 11.2. The van der Waals surface area contributed by atoms with Crippen molar-refractivity contribution < 1.29 is 9.53 Å². The number of primary amides is 1. The molecule has 1 fully saturated rings. The molecule has 1 heterocycles. The summed E-state index contributed by atoms with van der Waals surface area (Å²) < 4.78 is 5.36. The molecule has 3 heteroatoms. The van der Waals surface area contributed by atoms with Crippen molar-refractivity contribution in [1.82, 2.24) is 0 Å². The van der Waals surface area contributed by atoms with Crippen molar-refractivity contribution in [3.63, 3.8) is 0 Å². The molecular weight excluding hydrogens is 214 g/mol. The summed E-state index contributed by atoms with van der Waals surface area (Å²) in [6.45, 7) is 2.93. The van der Waals surface area contributed by atoms with Crippen molar-refractivity contribution in [3.8, 4) is 0 Å². The van der Waals surface area contributed by atoms with Crippen LogP contribution < -0.4 is 5.73 Å². The lowest BCUT2D eigenvalue weighted by Crippen LogP contribution is -2.54. The van der Waals surface area contributed by atoms with Gasteiger partial charge in [-0.3, -0.25) is 4.79 Å². The number of ether oxygens (including phenoxy) is 1. The van der Waals surface area contributed by atoms with E-state index in [9.17, 15) is 4.79 Å². The van der Waals surface area contributed by atoms with Crippen LogP contribution in [0.4, 0.5) is 0 Å². The molecule has 0 bridgehead atoms. The standard InChI is InChI=1S/C14H27NO2/c1-2-3-4-5-6-7-8-9-10-14(13(15)16)11-12-17-14/h2-12H2,1H3,(H2,15,16). The Morgan fingerprint density at radius 3 is 2.06 bits per heavy atom. The summed E-state index contributed by atoms with van der Waals surface area (Å²) in [6, 6.07) is 0. The van der Waals surface area contributed by atoms with Crippen molar-refractivity contribution in [2.75, 3.05) is 6.61 Å². The molecule has 1 atom stereocenters. The minimum atomic E-state index is -0.595. The molecule has 1 aliphatic heterocycles. The Hall–Kier alpha value is -0.570. The van der Waals surface area contributed by atoms with E-state index in [0.29, 0.717) is 6.61 Å². The van der Waals surface area contributed by atoms with E-state index in [4.69, 9.17) is 10.5 Å². The normalized spacial score (nSPS) is 23.4. The number of rotatable bonds is 10. The van der Waals surface area contributed by atoms with Gasteiger partial charge in [0.25, 0.3) is 0 Å². The Balaban J connectivity index is 1.95. The first-order chi connectivity index (χ1) is 8.21. The van der Waals surface area contributed by atoms with Crippen LogP contribution in [0.1, 0.15) is 71.1 Å². The van der Waals surface area contributed by atoms with Gasteiger partial charge in [-0.2, -0.15) is 0 Å². The number of hydrogen-bond acceptors (Lipinski definition) is 2. The summed E-state index contributed by atoms with van der Waals surface area (Å²) in [6.07, 6.45) is 11.9. The van der Waals surface area contributed by atoms with Crippen molar-refractivity contribution in [3.05, 3.63) is 0 Å². The van der Waals surface area contributed by atoms with Gasteiger partial charge in [0.2, 0.25) is 5.91 Å². The third-order valence-corrected chi connectivity index (χ3v) is 3.77. The molecule has 1 rings (SSSR count). The first kappa shape index (κ1) is 14.5. The molecule has 0 aliphatic carbocycles. The maximum atomic E-state index is 11.2. The van der Waals surface area contributed by atoms with E-state index < -0.39 is 5.60 Å². The monoisotopic (exact) mass is 241 g/mol. The van der Waals surface area contributed by atoms with Crippen LogP contribution in [-0.4, -0.2) is 18.1 Å². The third kappa shape index (κ3) is 4.66. The smallest absolute Gasteiger partial charge is 0.249 e. The SMILES string of the molecule is CCCCCCCCCCC1(C(N)=O)CCO1. The minimum absolute atomic E-state index is 0.272. The van der Waals surface area contributed by atoms with Crippen molar-refractivity contribution in [1.29, 1.82) is 0 Å². The highest BCUT2D eigenvalue weighted by Crippen LogP contribution is 2.31. The number of unbranched alkanes of at least 4 members (excludes halogenated alkanes) is 7. The van der Waals surface area contributed by atoms with Gasteiger partial charge in [-0.15, -0.1) is 0 Å². The summed E-state index contributed by atoms with van der Waals surface area (Å²) in [5.41, 5.74) is 4.77. The lowest BCUT2D eigenvalue weighted by molar-refractivity contribution is -0.175. The zero-order valence-electron chi connectivity index (χ0n) is 11.2. The van der Waals surface area contributed by atoms with E-state index in [1.54, 1.807) is 0 Å². The summed E-state index contributed by atoms with van der Waals surface area (Å²) in [7, 11) is 0. The fourth-order valence-electron chi connectivity index (χ4n) is 2.41. The van der Waals surface area contributed by atoms with Gasteiger partial charge in [0.05, 0.1) is 6.61 Å². The number of carbonyl (C=O) groups is 1. The molecule has 100 valence electrons. The quantitative estimate of drug-likeness (QED) is 0.597. The second kappa shape index (κ2) is 7.70. The van der Waals surface area contributed by atoms with Crippen LogP contribution in [0.5, 0.6) is 0 Å². The molecule has 0 spiro atoms. The molecular formula is C14H27NO2. The molecule has 17 heavy (non-hydrogen) atoms. The van der Waals surface area contributed by atoms with Crippen LogP contribution in [-0.2, 0) is 9.53 Å². The van der Waals surface area contributed by atoms with Gasteiger partial charge < -0.3 is 10.5 Å². The lowest BCUT2D eigenvalue weighted by atomic mass is 9.87. The Kier molecular flexibility index (Phi) is 6.56. The number of amides is 1. The molecule has 0 saturated carbocycles. The fraction of sp³-hybridized carbons (Fsp3) is 0.929. The maximum Gasteiger partial charge on any atom is 0.249 e. The Morgan fingerprint density at radius 1 is 1.12 bits per heavy atom. The zero-order valence-corrected chi connectivity index (χ0v) is 11.2. The van der Waals surface area contributed by atoms with Crippen LogP contribution in [0, 0.1) is 0 Å². The highest BCUT2D eigenvalue weighted by Gasteiger charge is 2.43. The minimum Gasteiger partial charge on any atom is -0.367 e. The van der Waals surface area contributed by atoms with Crippen molar-refractivity contribution >= 4 is 5.91 Å². The highest BCUT2D eigenvalue weighted by molar-refractivity contribution is 5.84. The van der Waals surface area contributed by atoms with E-state index in [1.807, 2.05) is 0 Å². The Bertz CT molecular complexity index is 224. The van der Waals surface area contributed by atoms with Gasteiger partial charge in [-0.1, -0.05) is 58.3 Å². The van der Waals surface area contributed by atoms with Gasteiger partial charge in [0.15, 0.2) is 0 Å². The highest BCUT2D eigenvalue weighted by atomic mass is 16.5. The molecule has 1 aliphatic rings. The molecule has 3 nitrogen and oxygen atoms in total. The molecule has 1 unspecified atom stereocenters. The van der Waals surface area contributed by atoms with Crippen LogP contribution in [0.25, 0.3) is 0 Å². The number of nitrogens with two attached hydrogens (primary N) is 1.